The summed E-state index contributed by atoms with van der Waals surface area (Å²) in [4.78, 5) is 4.09. The summed E-state index contributed by atoms with van der Waals surface area (Å²) < 4.78 is 12.6. The third-order valence-electron chi connectivity index (χ3n) is 3.16. The first-order valence-corrected chi connectivity index (χ1v) is 7.79. The van der Waals surface area contributed by atoms with Crippen LogP contribution >= 0.6 is 11.6 Å². The Hall–Kier alpha value is -2.21. The number of aromatic nitrogens is 2. The molecule has 2 aromatic rings. The van der Waals surface area contributed by atoms with E-state index in [4.69, 9.17) is 26.8 Å². The van der Waals surface area contributed by atoms with Gasteiger partial charge in [0, 0.05) is 0 Å². The molecule has 124 valence electrons. The number of hydrogen-bond donors (Lipinski definition) is 1. The fraction of sp³-hybridized carbons (Fsp3) is 0.375. The van der Waals surface area contributed by atoms with E-state index in [1.54, 1.807) is 25.6 Å². The maximum Gasteiger partial charge on any atom is 0.221 e. The summed E-state index contributed by atoms with van der Waals surface area (Å²) in [5.74, 6) is 1.46. The second kappa shape index (κ2) is 7.87. The van der Waals surface area contributed by atoms with Crippen LogP contribution in [-0.2, 0) is 0 Å². The third-order valence-corrected chi connectivity index (χ3v) is 3.44. The number of nitrogen functional groups attached to an aromatic ring is 1. The number of nitrogens with zero attached hydrogens (tertiary/aromatic N) is 3. The molecular weight excluding hydrogens is 316 g/mol. The van der Waals surface area contributed by atoms with Gasteiger partial charge in [-0.1, -0.05) is 24.9 Å². The van der Waals surface area contributed by atoms with E-state index in [2.05, 4.69) is 17.0 Å². The van der Waals surface area contributed by atoms with Crippen molar-refractivity contribution < 1.29 is 9.47 Å². The van der Waals surface area contributed by atoms with E-state index in [-0.39, 0.29) is 0 Å². The normalized spacial score (nSPS) is 11.1. The zero-order valence-electron chi connectivity index (χ0n) is 13.5. The highest BCUT2D eigenvalue weighted by molar-refractivity contribution is 6.32. The number of methoxy groups -OCH3 is 1. The molecule has 0 fully saturated rings. The lowest BCUT2D eigenvalue weighted by Crippen LogP contribution is -2.01. The average molecular weight is 337 g/mol. The number of unbranched alkanes of at least 4 members (excludes halogenated alkanes) is 1. The molecule has 0 amide bonds. The van der Waals surface area contributed by atoms with Gasteiger partial charge in [0.2, 0.25) is 5.95 Å². The van der Waals surface area contributed by atoms with Crippen molar-refractivity contribution in [3.8, 4) is 11.5 Å². The molecule has 0 saturated heterocycles. The van der Waals surface area contributed by atoms with Gasteiger partial charge in [-0.2, -0.15) is 5.10 Å². The number of hydrogen-bond acceptors (Lipinski definition) is 5. The molecule has 0 aliphatic heterocycles. The van der Waals surface area contributed by atoms with Gasteiger partial charge in [0.1, 0.15) is 0 Å². The van der Waals surface area contributed by atoms with Crippen LogP contribution in [0.15, 0.2) is 23.4 Å². The molecule has 1 heterocycles. The van der Waals surface area contributed by atoms with Crippen molar-refractivity contribution in [1.29, 1.82) is 0 Å². The van der Waals surface area contributed by atoms with E-state index in [9.17, 15) is 0 Å². The maximum absolute atomic E-state index is 6.30. The molecule has 6 nitrogen and oxygen atoms in total. The highest BCUT2D eigenvalue weighted by atomic mass is 35.5. The largest absolute Gasteiger partial charge is 0.493 e. The Kier molecular flexibility index (Phi) is 5.87. The summed E-state index contributed by atoms with van der Waals surface area (Å²) in [5, 5.41) is 4.75. The molecule has 0 saturated carbocycles. The first-order valence-electron chi connectivity index (χ1n) is 7.41. The molecule has 1 aromatic carbocycles. The first-order chi connectivity index (χ1) is 11.0. The Morgan fingerprint density at radius 3 is 2.83 bits per heavy atom. The Labute approximate surface area is 140 Å². The van der Waals surface area contributed by atoms with Crippen LogP contribution in [0.25, 0.3) is 0 Å². The SMILES string of the molecule is CCCCOc1c(Cl)cc(C=Nn2cc(C)nc2N)cc1OC. The zero-order valence-corrected chi connectivity index (χ0v) is 14.3. The minimum atomic E-state index is 0.330. The van der Waals surface area contributed by atoms with E-state index in [1.165, 1.54) is 4.68 Å². The third kappa shape index (κ3) is 4.39. The van der Waals surface area contributed by atoms with Crippen molar-refractivity contribution in [2.75, 3.05) is 19.5 Å². The predicted octanol–water partition coefficient (Wildman–Crippen LogP) is 3.50. The summed E-state index contributed by atoms with van der Waals surface area (Å²) in [6.45, 7) is 4.56. The van der Waals surface area contributed by atoms with Crippen molar-refractivity contribution in [2.45, 2.75) is 26.7 Å². The number of aryl methyl sites for hydroxylation is 1. The van der Waals surface area contributed by atoms with Gasteiger partial charge in [-0.3, -0.25) is 0 Å². The fourth-order valence-corrected chi connectivity index (χ4v) is 2.27. The summed E-state index contributed by atoms with van der Waals surface area (Å²) in [7, 11) is 1.58. The lowest BCUT2D eigenvalue weighted by Gasteiger charge is -2.12. The van der Waals surface area contributed by atoms with Gasteiger partial charge in [0.05, 0.1) is 36.8 Å². The predicted molar refractivity (Wildman–Crippen MR) is 92.8 cm³/mol. The summed E-state index contributed by atoms with van der Waals surface area (Å²) in [6.07, 6.45) is 5.40. The summed E-state index contributed by atoms with van der Waals surface area (Å²) >= 11 is 6.30. The second-order valence-electron chi connectivity index (χ2n) is 5.07. The second-order valence-corrected chi connectivity index (χ2v) is 5.47. The monoisotopic (exact) mass is 336 g/mol. The van der Waals surface area contributed by atoms with Gasteiger partial charge in [-0.05, 0) is 31.0 Å². The quantitative estimate of drug-likeness (QED) is 0.620. The summed E-state index contributed by atoms with van der Waals surface area (Å²) in [5.41, 5.74) is 7.33. The number of imidazole rings is 1. The molecule has 0 unspecified atom stereocenters. The molecular formula is C16H21ClN4O2. The molecule has 1 aromatic heterocycles. The van der Waals surface area contributed by atoms with Crippen LogP contribution in [0.2, 0.25) is 5.02 Å². The Balaban J connectivity index is 2.23. The van der Waals surface area contributed by atoms with E-state index < -0.39 is 0 Å². The van der Waals surface area contributed by atoms with Crippen molar-refractivity contribution in [3.05, 3.63) is 34.6 Å². The number of nitrogens with two attached hydrogens (primary N) is 1. The Morgan fingerprint density at radius 2 is 2.22 bits per heavy atom. The first kappa shape index (κ1) is 17.1. The molecule has 0 bridgehead atoms. The van der Waals surface area contributed by atoms with Gasteiger partial charge in [-0.25, -0.2) is 9.66 Å². The standard InChI is InChI=1S/C16H21ClN4O2/c1-4-5-6-23-15-13(17)7-12(8-14(15)22-3)9-19-21-10-11(2)20-16(21)18/h7-10H,4-6H2,1-3H3,(H2,18,20). The fourth-order valence-electron chi connectivity index (χ4n) is 2.00. The van der Waals surface area contributed by atoms with Crippen LogP contribution in [0, 0.1) is 6.92 Å². The van der Waals surface area contributed by atoms with Crippen molar-refractivity contribution >= 4 is 23.8 Å². The van der Waals surface area contributed by atoms with Gasteiger partial charge in [0.25, 0.3) is 0 Å². The number of anilines is 1. The molecule has 0 radical (unpaired) electrons. The highest BCUT2D eigenvalue weighted by Gasteiger charge is 2.11. The van der Waals surface area contributed by atoms with Gasteiger partial charge in [0.15, 0.2) is 11.5 Å². The molecule has 0 atom stereocenters. The van der Waals surface area contributed by atoms with E-state index >= 15 is 0 Å². The minimum Gasteiger partial charge on any atom is -0.493 e. The van der Waals surface area contributed by atoms with Crippen LogP contribution in [0.4, 0.5) is 5.95 Å². The van der Waals surface area contributed by atoms with Gasteiger partial charge >= 0.3 is 0 Å². The molecule has 23 heavy (non-hydrogen) atoms. The maximum atomic E-state index is 6.30. The van der Waals surface area contributed by atoms with Crippen LogP contribution in [0.1, 0.15) is 31.0 Å². The lowest BCUT2D eigenvalue weighted by molar-refractivity contribution is 0.288. The Morgan fingerprint density at radius 1 is 1.43 bits per heavy atom. The average Bonchev–Trinajstić information content (AvgIpc) is 2.84. The Bertz CT molecular complexity index is 698. The van der Waals surface area contributed by atoms with E-state index in [0.29, 0.717) is 29.1 Å². The molecule has 7 heteroatoms. The van der Waals surface area contributed by atoms with Crippen LogP contribution < -0.4 is 15.2 Å². The molecule has 0 aliphatic carbocycles. The highest BCUT2D eigenvalue weighted by Crippen LogP contribution is 2.36. The van der Waals surface area contributed by atoms with Crippen molar-refractivity contribution in [3.63, 3.8) is 0 Å². The lowest BCUT2D eigenvalue weighted by atomic mass is 10.2. The van der Waals surface area contributed by atoms with Crippen molar-refractivity contribution in [1.82, 2.24) is 9.66 Å². The van der Waals surface area contributed by atoms with Crippen LogP contribution in [0.3, 0.4) is 0 Å². The van der Waals surface area contributed by atoms with Gasteiger partial charge in [-0.15, -0.1) is 0 Å². The van der Waals surface area contributed by atoms with E-state index in [1.807, 2.05) is 13.0 Å². The summed E-state index contributed by atoms with van der Waals surface area (Å²) in [6, 6.07) is 3.59. The minimum absolute atomic E-state index is 0.330. The van der Waals surface area contributed by atoms with E-state index in [0.717, 1.165) is 24.1 Å². The van der Waals surface area contributed by atoms with Crippen molar-refractivity contribution in [2.24, 2.45) is 5.10 Å². The smallest absolute Gasteiger partial charge is 0.221 e. The molecule has 2 rings (SSSR count). The van der Waals surface area contributed by atoms with Gasteiger partial charge < -0.3 is 15.2 Å². The zero-order chi connectivity index (χ0) is 16.8. The van der Waals surface area contributed by atoms with Crippen LogP contribution in [-0.4, -0.2) is 29.6 Å². The molecule has 0 aliphatic rings. The topological polar surface area (TPSA) is 74.7 Å². The number of benzene rings is 1. The number of halogens is 1. The molecule has 0 spiro atoms. The number of ether oxygens (including phenoxy) is 2. The molecule has 2 N–H and O–H groups in total. The number of rotatable bonds is 7. The van der Waals surface area contributed by atoms with Crippen LogP contribution in [0.5, 0.6) is 11.5 Å².